The van der Waals surface area contributed by atoms with Crippen molar-refractivity contribution in [2.45, 2.75) is 12.7 Å². The van der Waals surface area contributed by atoms with Crippen molar-refractivity contribution in [3.8, 4) is 0 Å². The number of halogens is 5. The van der Waals surface area contributed by atoms with Crippen LogP contribution in [0, 0.1) is 11.6 Å². The van der Waals surface area contributed by atoms with E-state index in [4.69, 9.17) is 5.73 Å². The van der Waals surface area contributed by atoms with Crippen LogP contribution in [-0.4, -0.2) is 10.5 Å². The molecule has 29 heavy (non-hydrogen) atoms. The fourth-order valence-corrected chi connectivity index (χ4v) is 3.54. The van der Waals surface area contributed by atoms with Gasteiger partial charge in [0.05, 0.1) is 23.1 Å². The Kier molecular flexibility index (Phi) is 4.29. The van der Waals surface area contributed by atoms with E-state index in [9.17, 15) is 26.7 Å². The molecule has 0 radical (unpaired) electrons. The Morgan fingerprint density at radius 1 is 0.966 bits per heavy atom. The second-order valence-electron chi connectivity index (χ2n) is 6.62. The molecule has 0 fully saturated rings. The van der Waals surface area contributed by atoms with Crippen molar-refractivity contribution >= 4 is 27.7 Å². The van der Waals surface area contributed by atoms with Gasteiger partial charge in [-0.1, -0.05) is 6.07 Å². The average Bonchev–Trinajstić information content (AvgIpc) is 2.95. The van der Waals surface area contributed by atoms with Gasteiger partial charge in [-0.25, -0.2) is 8.78 Å². The van der Waals surface area contributed by atoms with Crippen molar-refractivity contribution in [3.05, 3.63) is 82.9 Å². The maximum Gasteiger partial charge on any atom is 0.416 e. The van der Waals surface area contributed by atoms with Gasteiger partial charge in [-0.05, 0) is 48.5 Å². The van der Waals surface area contributed by atoms with Gasteiger partial charge in [-0.3, -0.25) is 4.79 Å². The largest absolute Gasteiger partial charge is 0.416 e. The predicted octanol–water partition coefficient (Wildman–Crippen LogP) is 5.24. The van der Waals surface area contributed by atoms with E-state index in [2.05, 4.69) is 0 Å². The number of nitrogens with two attached hydrogens (primary N) is 1. The third kappa shape index (κ3) is 3.20. The van der Waals surface area contributed by atoms with Crippen LogP contribution in [0.2, 0.25) is 0 Å². The summed E-state index contributed by atoms with van der Waals surface area (Å²) in [6.07, 6.45) is -4.63. The first-order valence-electron chi connectivity index (χ1n) is 8.52. The van der Waals surface area contributed by atoms with Crippen LogP contribution in [0.4, 0.5) is 22.0 Å². The van der Waals surface area contributed by atoms with Crippen molar-refractivity contribution in [1.29, 1.82) is 0 Å². The number of rotatable bonds is 3. The summed E-state index contributed by atoms with van der Waals surface area (Å²) in [6, 6.07) is 10.7. The summed E-state index contributed by atoms with van der Waals surface area (Å²) >= 11 is 0. The maximum absolute atomic E-state index is 14.3. The lowest BCUT2D eigenvalue weighted by Gasteiger charge is -2.12. The summed E-state index contributed by atoms with van der Waals surface area (Å²) in [6.45, 7) is -0.290. The quantitative estimate of drug-likeness (QED) is 0.467. The molecule has 3 nitrogen and oxygen atoms in total. The number of hydrogen-bond acceptors (Lipinski definition) is 1. The number of primary amides is 1. The van der Waals surface area contributed by atoms with Crippen molar-refractivity contribution in [2.24, 2.45) is 5.73 Å². The van der Waals surface area contributed by atoms with Crippen LogP contribution < -0.4 is 5.73 Å². The zero-order chi connectivity index (χ0) is 20.9. The highest BCUT2D eigenvalue weighted by Gasteiger charge is 2.31. The van der Waals surface area contributed by atoms with Gasteiger partial charge in [0.25, 0.3) is 0 Å². The standard InChI is InChI=1S/C21H13F5N2O/c22-13-5-6-14-18(9-13)28(17-3-1-2-15(19(14)17)20(27)29)10-11-8-12(21(24,25)26)4-7-16(11)23/h1-9H,10H2,(H2,27,29). The van der Waals surface area contributed by atoms with Gasteiger partial charge < -0.3 is 10.3 Å². The lowest BCUT2D eigenvalue weighted by atomic mass is 10.1. The topological polar surface area (TPSA) is 48.0 Å². The van der Waals surface area contributed by atoms with Gasteiger partial charge in [-0.15, -0.1) is 0 Å². The van der Waals surface area contributed by atoms with E-state index in [0.717, 1.165) is 12.1 Å². The van der Waals surface area contributed by atoms with E-state index < -0.39 is 29.3 Å². The SMILES string of the molecule is NC(=O)c1cccc2c1c1ccc(F)cc1n2Cc1cc(C(F)(F)F)ccc1F. The Bertz CT molecular complexity index is 1270. The number of amides is 1. The summed E-state index contributed by atoms with van der Waals surface area (Å²) in [4.78, 5) is 11.9. The minimum absolute atomic E-state index is 0.183. The Morgan fingerprint density at radius 3 is 2.41 bits per heavy atom. The number of aromatic nitrogens is 1. The lowest BCUT2D eigenvalue weighted by Crippen LogP contribution is -2.11. The molecular weight excluding hydrogens is 391 g/mol. The number of alkyl halides is 3. The Labute approximate surface area is 161 Å². The monoisotopic (exact) mass is 404 g/mol. The smallest absolute Gasteiger partial charge is 0.366 e. The zero-order valence-electron chi connectivity index (χ0n) is 14.7. The number of carbonyl (C=O) groups is 1. The molecule has 1 aromatic heterocycles. The van der Waals surface area contributed by atoms with E-state index in [1.165, 1.54) is 28.8 Å². The molecule has 1 heterocycles. The molecule has 0 saturated heterocycles. The summed E-state index contributed by atoms with van der Waals surface area (Å²) in [5.41, 5.74) is 5.17. The van der Waals surface area contributed by atoms with Gasteiger partial charge in [0.15, 0.2) is 0 Å². The van der Waals surface area contributed by atoms with E-state index in [0.29, 0.717) is 27.9 Å². The predicted molar refractivity (Wildman–Crippen MR) is 98.4 cm³/mol. The van der Waals surface area contributed by atoms with Crippen LogP contribution in [0.1, 0.15) is 21.5 Å². The summed E-state index contributed by atoms with van der Waals surface area (Å²) in [5, 5.41) is 0.922. The third-order valence-corrected chi connectivity index (χ3v) is 4.82. The number of carbonyl (C=O) groups excluding carboxylic acids is 1. The Balaban J connectivity index is 2.00. The first kappa shape index (κ1) is 18.9. The van der Waals surface area contributed by atoms with Gasteiger partial charge in [0.1, 0.15) is 11.6 Å². The van der Waals surface area contributed by atoms with Gasteiger partial charge in [-0.2, -0.15) is 13.2 Å². The molecule has 3 aromatic carbocycles. The molecule has 1 amide bonds. The van der Waals surface area contributed by atoms with Crippen molar-refractivity contribution < 1.29 is 26.7 Å². The molecule has 4 rings (SSSR count). The number of benzene rings is 3. The second-order valence-corrected chi connectivity index (χ2v) is 6.62. The molecule has 0 unspecified atom stereocenters. The molecule has 0 bridgehead atoms. The van der Waals surface area contributed by atoms with Crippen LogP contribution in [0.25, 0.3) is 21.8 Å². The van der Waals surface area contributed by atoms with Crippen molar-refractivity contribution in [3.63, 3.8) is 0 Å². The lowest BCUT2D eigenvalue weighted by molar-refractivity contribution is -0.137. The number of nitrogens with zero attached hydrogens (tertiary/aromatic N) is 1. The molecule has 2 N–H and O–H groups in total. The zero-order valence-corrected chi connectivity index (χ0v) is 14.7. The summed E-state index contributed by atoms with van der Waals surface area (Å²) < 4.78 is 68.8. The molecule has 0 aliphatic rings. The Hall–Kier alpha value is -3.42. The number of fused-ring (bicyclic) bond motifs is 3. The number of hydrogen-bond donors (Lipinski definition) is 1. The molecule has 148 valence electrons. The first-order chi connectivity index (χ1) is 13.7. The molecular formula is C21H13F5N2O. The molecule has 0 spiro atoms. The average molecular weight is 404 g/mol. The summed E-state index contributed by atoms with van der Waals surface area (Å²) in [5.74, 6) is -2.11. The minimum Gasteiger partial charge on any atom is -0.366 e. The third-order valence-electron chi connectivity index (χ3n) is 4.82. The van der Waals surface area contributed by atoms with Gasteiger partial charge in [0, 0.05) is 21.9 Å². The molecule has 0 atom stereocenters. The highest BCUT2D eigenvalue weighted by molar-refractivity contribution is 6.17. The molecule has 0 aliphatic heterocycles. The molecule has 8 heteroatoms. The minimum atomic E-state index is -4.63. The first-order valence-corrected chi connectivity index (χ1v) is 8.52. The van der Waals surface area contributed by atoms with Gasteiger partial charge in [0.2, 0.25) is 5.91 Å². The van der Waals surface area contributed by atoms with Crippen LogP contribution in [0.3, 0.4) is 0 Å². The maximum atomic E-state index is 14.3. The second kappa shape index (κ2) is 6.58. The fourth-order valence-electron chi connectivity index (χ4n) is 3.54. The molecule has 0 saturated carbocycles. The van der Waals surface area contributed by atoms with E-state index in [1.54, 1.807) is 12.1 Å². The van der Waals surface area contributed by atoms with E-state index in [-0.39, 0.29) is 17.7 Å². The van der Waals surface area contributed by atoms with Crippen LogP contribution in [0.5, 0.6) is 0 Å². The van der Waals surface area contributed by atoms with E-state index >= 15 is 0 Å². The van der Waals surface area contributed by atoms with E-state index in [1.807, 2.05) is 0 Å². The highest BCUT2D eigenvalue weighted by atomic mass is 19.4. The van der Waals surface area contributed by atoms with Crippen molar-refractivity contribution in [1.82, 2.24) is 4.57 Å². The van der Waals surface area contributed by atoms with Crippen LogP contribution in [-0.2, 0) is 12.7 Å². The van der Waals surface area contributed by atoms with Crippen LogP contribution in [0.15, 0.2) is 54.6 Å². The van der Waals surface area contributed by atoms with Crippen molar-refractivity contribution in [2.75, 3.05) is 0 Å². The van der Waals surface area contributed by atoms with Crippen LogP contribution >= 0.6 is 0 Å². The highest BCUT2D eigenvalue weighted by Crippen LogP contribution is 2.34. The Morgan fingerprint density at radius 2 is 1.72 bits per heavy atom. The molecule has 4 aromatic rings. The van der Waals surface area contributed by atoms with Gasteiger partial charge >= 0.3 is 6.18 Å². The summed E-state index contributed by atoms with van der Waals surface area (Å²) in [7, 11) is 0. The normalized spacial score (nSPS) is 12.0. The fraction of sp³-hybridized carbons (Fsp3) is 0.0952. The molecule has 0 aliphatic carbocycles.